The lowest BCUT2D eigenvalue weighted by Crippen LogP contribution is -2.14. The van der Waals surface area contributed by atoms with Crippen molar-refractivity contribution in [2.45, 2.75) is 19.3 Å². The van der Waals surface area contributed by atoms with E-state index < -0.39 is 0 Å². The largest absolute Gasteiger partial charge is 0.309 e. The number of hydrogen-bond donors (Lipinski definition) is 0. The maximum Gasteiger partial charge on any atom is 0.160 e. The van der Waals surface area contributed by atoms with Crippen LogP contribution in [0.4, 0.5) is 0 Å². The molecule has 1 aliphatic carbocycles. The average Bonchev–Trinajstić information content (AvgIpc) is 3.69. The van der Waals surface area contributed by atoms with Gasteiger partial charge in [0.1, 0.15) is 0 Å². The third kappa shape index (κ3) is 4.48. The van der Waals surface area contributed by atoms with Crippen LogP contribution in [0.1, 0.15) is 25.0 Å². The van der Waals surface area contributed by atoms with Crippen LogP contribution in [0.15, 0.2) is 176 Å². The van der Waals surface area contributed by atoms with Gasteiger partial charge in [-0.2, -0.15) is 0 Å². The Morgan fingerprint density at radius 2 is 1.00 bits per heavy atom. The Morgan fingerprint density at radius 3 is 1.70 bits per heavy atom. The molecule has 2 heterocycles. The Balaban J connectivity index is 1.23. The van der Waals surface area contributed by atoms with E-state index in [0.717, 1.165) is 33.8 Å². The van der Waals surface area contributed by atoms with Crippen molar-refractivity contribution in [1.29, 1.82) is 0 Å². The molecule has 0 saturated carbocycles. The smallest absolute Gasteiger partial charge is 0.160 e. The van der Waals surface area contributed by atoms with Crippen LogP contribution in [0.25, 0.3) is 94.1 Å². The van der Waals surface area contributed by atoms with Crippen LogP contribution in [0, 0.1) is 0 Å². The second kappa shape index (κ2) is 11.6. The molecule has 0 unspecified atom stereocenters. The van der Waals surface area contributed by atoms with Crippen molar-refractivity contribution in [3.8, 4) is 50.7 Å². The normalized spacial score (nSPS) is 13.1. The van der Waals surface area contributed by atoms with Crippen LogP contribution in [0.2, 0.25) is 0 Å². The zero-order valence-electron chi connectivity index (χ0n) is 30.1. The predicted octanol–water partition coefficient (Wildman–Crippen LogP) is 13.2. The first kappa shape index (κ1) is 30.8. The van der Waals surface area contributed by atoms with Crippen LogP contribution in [0.3, 0.4) is 0 Å². The minimum Gasteiger partial charge on any atom is -0.309 e. The SMILES string of the molecule is CC1(C)c2ccccc2-c2cc3c4c5ccccc5c5ccccc5c4n(-c4cccc(-c5nc(-c6ccccc6)cc(-c6ccccc6)n5)c4)c3cc21. The molecule has 3 heteroatoms. The van der Waals surface area contributed by atoms with E-state index in [9.17, 15) is 0 Å². The monoisotopic (exact) mass is 689 g/mol. The first-order valence-corrected chi connectivity index (χ1v) is 18.7. The molecule has 0 atom stereocenters. The Labute approximate surface area is 313 Å². The van der Waals surface area contributed by atoms with Gasteiger partial charge >= 0.3 is 0 Å². The molecule has 0 amide bonds. The first-order valence-electron chi connectivity index (χ1n) is 18.7. The van der Waals surface area contributed by atoms with Crippen molar-refractivity contribution < 1.29 is 0 Å². The summed E-state index contributed by atoms with van der Waals surface area (Å²) in [6.45, 7) is 4.73. The lowest BCUT2D eigenvalue weighted by Gasteiger charge is -2.21. The van der Waals surface area contributed by atoms with Crippen LogP contribution < -0.4 is 0 Å². The molecule has 10 aromatic rings. The van der Waals surface area contributed by atoms with E-state index in [2.05, 4.69) is 182 Å². The van der Waals surface area contributed by atoms with Gasteiger partial charge in [0.2, 0.25) is 0 Å². The molecule has 0 fully saturated rings. The van der Waals surface area contributed by atoms with Crippen molar-refractivity contribution in [1.82, 2.24) is 14.5 Å². The van der Waals surface area contributed by atoms with Gasteiger partial charge in [0, 0.05) is 44.0 Å². The first-order chi connectivity index (χ1) is 26.5. The highest BCUT2D eigenvalue weighted by molar-refractivity contribution is 6.32. The highest BCUT2D eigenvalue weighted by Crippen LogP contribution is 2.52. The number of nitrogens with zero attached hydrogens (tertiary/aromatic N) is 3. The summed E-state index contributed by atoms with van der Waals surface area (Å²) in [5.74, 6) is 0.700. The molecule has 1 aliphatic rings. The van der Waals surface area contributed by atoms with Gasteiger partial charge in [0.05, 0.1) is 22.4 Å². The fourth-order valence-electron chi connectivity index (χ4n) is 9.01. The molecule has 0 saturated heterocycles. The van der Waals surface area contributed by atoms with Crippen LogP contribution in [-0.4, -0.2) is 14.5 Å². The summed E-state index contributed by atoms with van der Waals surface area (Å²) in [6, 6.07) is 63.3. The zero-order chi connectivity index (χ0) is 36.0. The van der Waals surface area contributed by atoms with Crippen LogP contribution in [-0.2, 0) is 5.41 Å². The molecule has 0 aliphatic heterocycles. The second-order valence-electron chi connectivity index (χ2n) is 15.0. The van der Waals surface area contributed by atoms with E-state index in [0.29, 0.717) is 5.82 Å². The predicted molar refractivity (Wildman–Crippen MR) is 225 cm³/mol. The topological polar surface area (TPSA) is 30.7 Å². The van der Waals surface area contributed by atoms with Crippen molar-refractivity contribution in [3.63, 3.8) is 0 Å². The highest BCUT2D eigenvalue weighted by Gasteiger charge is 2.36. The van der Waals surface area contributed by atoms with Gasteiger partial charge in [-0.1, -0.05) is 159 Å². The summed E-state index contributed by atoms with van der Waals surface area (Å²) in [5, 5.41) is 7.57. The van der Waals surface area contributed by atoms with E-state index in [-0.39, 0.29) is 5.41 Å². The zero-order valence-corrected chi connectivity index (χ0v) is 30.1. The molecule has 254 valence electrons. The Hall–Kier alpha value is -6.84. The summed E-state index contributed by atoms with van der Waals surface area (Å²) in [5.41, 5.74) is 13.7. The molecule has 0 bridgehead atoms. The number of hydrogen-bond acceptors (Lipinski definition) is 2. The minimum atomic E-state index is -0.132. The molecule has 0 N–H and O–H groups in total. The van der Waals surface area contributed by atoms with Crippen molar-refractivity contribution >= 4 is 43.4 Å². The maximum atomic E-state index is 5.21. The summed E-state index contributed by atoms with van der Waals surface area (Å²) in [7, 11) is 0. The number of rotatable bonds is 4. The Bertz CT molecular complexity index is 3060. The third-order valence-electron chi connectivity index (χ3n) is 11.6. The fraction of sp³-hybridized carbons (Fsp3) is 0.0588. The Morgan fingerprint density at radius 1 is 0.426 bits per heavy atom. The molecule has 2 aromatic heterocycles. The quantitative estimate of drug-likeness (QED) is 0.172. The van der Waals surface area contributed by atoms with Crippen molar-refractivity contribution in [2.75, 3.05) is 0 Å². The van der Waals surface area contributed by atoms with E-state index in [1.54, 1.807) is 0 Å². The summed E-state index contributed by atoms with van der Waals surface area (Å²) >= 11 is 0. The van der Waals surface area contributed by atoms with Gasteiger partial charge in [0.25, 0.3) is 0 Å². The van der Waals surface area contributed by atoms with Gasteiger partial charge in [-0.3, -0.25) is 0 Å². The number of fused-ring (bicyclic) bond motifs is 11. The summed E-state index contributed by atoms with van der Waals surface area (Å²) in [4.78, 5) is 10.4. The number of benzene rings is 8. The average molecular weight is 690 g/mol. The van der Waals surface area contributed by atoms with Crippen molar-refractivity contribution in [2.24, 2.45) is 0 Å². The molecule has 3 nitrogen and oxygen atoms in total. The lowest BCUT2D eigenvalue weighted by atomic mass is 9.82. The molecule has 0 radical (unpaired) electrons. The molecule has 54 heavy (non-hydrogen) atoms. The fourth-order valence-corrected chi connectivity index (χ4v) is 9.01. The van der Waals surface area contributed by atoms with Crippen LogP contribution >= 0.6 is 0 Å². The maximum absolute atomic E-state index is 5.21. The van der Waals surface area contributed by atoms with Gasteiger partial charge in [-0.25, -0.2) is 9.97 Å². The van der Waals surface area contributed by atoms with Gasteiger partial charge in [-0.15, -0.1) is 0 Å². The highest BCUT2D eigenvalue weighted by atomic mass is 15.0. The molecular weight excluding hydrogens is 655 g/mol. The summed E-state index contributed by atoms with van der Waals surface area (Å²) in [6.07, 6.45) is 0. The summed E-state index contributed by atoms with van der Waals surface area (Å²) < 4.78 is 2.50. The minimum absolute atomic E-state index is 0.132. The standard InChI is InChI=1S/C51H35N3/c1-51(2)43-27-14-13-24-38(43)41-29-42-47(30-44(41)51)54(49-40-26-12-10-23-37(40)36-22-9-11-25-39(36)48(42)49)35-21-15-20-34(28-35)50-52-45(32-16-5-3-6-17-32)31-46(53-50)33-18-7-4-8-19-33/h3-31H,1-2H3. The Kier molecular flexibility index (Phi) is 6.60. The number of aromatic nitrogens is 3. The molecule has 8 aromatic carbocycles. The van der Waals surface area contributed by atoms with Crippen LogP contribution in [0.5, 0.6) is 0 Å². The van der Waals surface area contributed by atoms with Gasteiger partial charge in [-0.05, 0) is 68.7 Å². The third-order valence-corrected chi connectivity index (χ3v) is 11.6. The van der Waals surface area contributed by atoms with E-state index in [4.69, 9.17) is 9.97 Å². The van der Waals surface area contributed by atoms with Crippen molar-refractivity contribution in [3.05, 3.63) is 187 Å². The van der Waals surface area contributed by atoms with Gasteiger partial charge in [0.15, 0.2) is 5.82 Å². The van der Waals surface area contributed by atoms with Gasteiger partial charge < -0.3 is 4.57 Å². The van der Waals surface area contributed by atoms with E-state index >= 15 is 0 Å². The van der Waals surface area contributed by atoms with E-state index in [1.807, 2.05) is 12.1 Å². The second-order valence-corrected chi connectivity index (χ2v) is 15.0. The molecular formula is C51H35N3. The lowest BCUT2D eigenvalue weighted by molar-refractivity contribution is 0.661. The molecule has 11 rings (SSSR count). The molecule has 0 spiro atoms. The van der Waals surface area contributed by atoms with E-state index in [1.165, 1.54) is 65.6 Å².